The molecule has 0 radical (unpaired) electrons. The molecule has 0 saturated heterocycles. The maximum atomic E-state index is 10.9. The molecule has 0 spiro atoms. The van der Waals surface area contributed by atoms with Crippen molar-refractivity contribution < 1.29 is 9.53 Å². The van der Waals surface area contributed by atoms with Crippen molar-refractivity contribution in [2.24, 2.45) is 5.92 Å². The first-order valence-electron chi connectivity index (χ1n) is 6.60. The van der Waals surface area contributed by atoms with Gasteiger partial charge in [0.25, 0.3) is 0 Å². The summed E-state index contributed by atoms with van der Waals surface area (Å²) in [5.41, 5.74) is 1.82. The molecule has 2 aromatic carbocycles. The SMILES string of the molecule is C[C@H](COc1ccccc1C=O)Cc1ccc(Cl)cc1. The van der Waals surface area contributed by atoms with Crippen LogP contribution in [0.25, 0.3) is 0 Å². The van der Waals surface area contributed by atoms with Crippen LogP contribution in [0.1, 0.15) is 22.8 Å². The maximum Gasteiger partial charge on any atom is 0.153 e. The summed E-state index contributed by atoms with van der Waals surface area (Å²) in [7, 11) is 0. The molecule has 0 heterocycles. The normalized spacial score (nSPS) is 11.9. The monoisotopic (exact) mass is 288 g/mol. The number of carbonyl (C=O) groups excluding carboxylic acids is 1. The van der Waals surface area contributed by atoms with E-state index in [-0.39, 0.29) is 0 Å². The summed E-state index contributed by atoms with van der Waals surface area (Å²) in [6, 6.07) is 15.1. The van der Waals surface area contributed by atoms with Crippen molar-refractivity contribution in [2.75, 3.05) is 6.61 Å². The Balaban J connectivity index is 1.90. The zero-order valence-corrected chi connectivity index (χ0v) is 12.1. The van der Waals surface area contributed by atoms with Crippen LogP contribution in [0.3, 0.4) is 0 Å². The van der Waals surface area contributed by atoms with Crippen LogP contribution in [0.15, 0.2) is 48.5 Å². The third kappa shape index (κ3) is 4.10. The Hall–Kier alpha value is -1.80. The molecule has 1 atom stereocenters. The predicted octanol–water partition coefficient (Wildman–Crippen LogP) is 4.41. The Morgan fingerprint density at radius 2 is 1.85 bits per heavy atom. The van der Waals surface area contributed by atoms with Crippen molar-refractivity contribution in [3.63, 3.8) is 0 Å². The van der Waals surface area contributed by atoms with Crippen LogP contribution in [0, 0.1) is 5.92 Å². The highest BCUT2D eigenvalue weighted by Crippen LogP contribution is 2.18. The van der Waals surface area contributed by atoms with E-state index in [4.69, 9.17) is 16.3 Å². The molecule has 20 heavy (non-hydrogen) atoms. The molecular formula is C17H17ClO2. The Labute approximate surface area is 124 Å². The second-order valence-electron chi connectivity index (χ2n) is 4.90. The highest BCUT2D eigenvalue weighted by molar-refractivity contribution is 6.30. The molecule has 2 nitrogen and oxygen atoms in total. The van der Waals surface area contributed by atoms with Crippen molar-refractivity contribution in [1.82, 2.24) is 0 Å². The van der Waals surface area contributed by atoms with E-state index >= 15 is 0 Å². The molecule has 2 rings (SSSR count). The average Bonchev–Trinajstić information content (AvgIpc) is 2.48. The van der Waals surface area contributed by atoms with Crippen molar-refractivity contribution in [2.45, 2.75) is 13.3 Å². The highest BCUT2D eigenvalue weighted by atomic mass is 35.5. The van der Waals surface area contributed by atoms with Gasteiger partial charge in [-0.05, 0) is 42.2 Å². The summed E-state index contributed by atoms with van der Waals surface area (Å²) in [5.74, 6) is 1.00. The van der Waals surface area contributed by atoms with Gasteiger partial charge in [0, 0.05) is 5.02 Å². The van der Waals surface area contributed by atoms with Gasteiger partial charge in [-0.2, -0.15) is 0 Å². The van der Waals surface area contributed by atoms with Crippen molar-refractivity contribution in [3.05, 3.63) is 64.7 Å². The lowest BCUT2D eigenvalue weighted by molar-refractivity contribution is 0.111. The fourth-order valence-electron chi connectivity index (χ4n) is 2.02. The van der Waals surface area contributed by atoms with E-state index in [0.717, 1.165) is 17.7 Å². The molecule has 0 unspecified atom stereocenters. The number of carbonyl (C=O) groups is 1. The van der Waals surface area contributed by atoms with E-state index in [1.807, 2.05) is 42.5 Å². The largest absolute Gasteiger partial charge is 0.493 e. The molecule has 0 aliphatic carbocycles. The Morgan fingerprint density at radius 3 is 2.55 bits per heavy atom. The van der Waals surface area contributed by atoms with Gasteiger partial charge < -0.3 is 4.74 Å². The molecule has 0 N–H and O–H groups in total. The number of para-hydroxylation sites is 1. The van der Waals surface area contributed by atoms with Gasteiger partial charge in [0.15, 0.2) is 6.29 Å². The Morgan fingerprint density at radius 1 is 1.15 bits per heavy atom. The molecule has 0 saturated carbocycles. The third-order valence-corrected chi connectivity index (χ3v) is 3.32. The lowest BCUT2D eigenvalue weighted by Gasteiger charge is -2.14. The third-order valence-electron chi connectivity index (χ3n) is 3.07. The van der Waals surface area contributed by atoms with Crippen LogP contribution in [-0.2, 0) is 6.42 Å². The summed E-state index contributed by atoms with van der Waals surface area (Å²) >= 11 is 5.87. The number of hydrogen-bond acceptors (Lipinski definition) is 2. The lowest BCUT2D eigenvalue weighted by Crippen LogP contribution is -2.12. The smallest absolute Gasteiger partial charge is 0.153 e. The second-order valence-corrected chi connectivity index (χ2v) is 5.34. The molecule has 0 bridgehead atoms. The average molecular weight is 289 g/mol. The van der Waals surface area contributed by atoms with Gasteiger partial charge in [-0.1, -0.05) is 42.8 Å². The van der Waals surface area contributed by atoms with E-state index in [9.17, 15) is 4.79 Å². The molecule has 0 amide bonds. The fourth-order valence-corrected chi connectivity index (χ4v) is 2.15. The Kier molecular flexibility index (Phi) is 5.19. The van der Waals surface area contributed by atoms with Gasteiger partial charge in [0.05, 0.1) is 12.2 Å². The number of benzene rings is 2. The molecule has 3 heteroatoms. The first-order valence-corrected chi connectivity index (χ1v) is 6.98. The van der Waals surface area contributed by atoms with Crippen molar-refractivity contribution in [1.29, 1.82) is 0 Å². The lowest BCUT2D eigenvalue weighted by atomic mass is 10.0. The molecular weight excluding hydrogens is 272 g/mol. The van der Waals surface area contributed by atoms with Gasteiger partial charge in [0.2, 0.25) is 0 Å². The van der Waals surface area contributed by atoms with Crippen LogP contribution in [-0.4, -0.2) is 12.9 Å². The number of aldehydes is 1. The van der Waals surface area contributed by atoms with Crippen LogP contribution in [0.4, 0.5) is 0 Å². The van der Waals surface area contributed by atoms with Gasteiger partial charge >= 0.3 is 0 Å². The minimum atomic E-state index is 0.357. The van der Waals surface area contributed by atoms with Crippen LogP contribution >= 0.6 is 11.6 Å². The standard InChI is InChI=1S/C17H17ClO2/c1-13(10-14-6-8-16(18)9-7-14)12-20-17-5-3-2-4-15(17)11-19/h2-9,11,13H,10,12H2,1H3/t13-/m0/s1. The summed E-state index contributed by atoms with van der Waals surface area (Å²) in [4.78, 5) is 10.9. The Bertz CT molecular complexity index is 563. The summed E-state index contributed by atoms with van der Waals surface area (Å²) in [6.45, 7) is 2.70. The number of halogens is 1. The fraction of sp³-hybridized carbons (Fsp3) is 0.235. The molecule has 0 aliphatic heterocycles. The number of rotatable bonds is 6. The van der Waals surface area contributed by atoms with E-state index in [1.54, 1.807) is 6.07 Å². The summed E-state index contributed by atoms with van der Waals surface area (Å²) < 4.78 is 5.73. The zero-order valence-electron chi connectivity index (χ0n) is 11.4. The van der Waals surface area contributed by atoms with Crippen LogP contribution < -0.4 is 4.74 Å². The topological polar surface area (TPSA) is 26.3 Å². The van der Waals surface area contributed by atoms with Gasteiger partial charge in [-0.25, -0.2) is 0 Å². The van der Waals surface area contributed by atoms with E-state index in [0.29, 0.717) is 23.8 Å². The van der Waals surface area contributed by atoms with Gasteiger partial charge in [-0.15, -0.1) is 0 Å². The number of hydrogen-bond donors (Lipinski definition) is 0. The highest BCUT2D eigenvalue weighted by Gasteiger charge is 2.07. The summed E-state index contributed by atoms with van der Waals surface area (Å²) in [6.07, 6.45) is 1.74. The molecule has 104 valence electrons. The minimum absolute atomic E-state index is 0.357. The van der Waals surface area contributed by atoms with Crippen molar-refractivity contribution in [3.8, 4) is 5.75 Å². The molecule has 0 fully saturated rings. The van der Waals surface area contributed by atoms with Gasteiger partial charge in [-0.3, -0.25) is 4.79 Å². The maximum absolute atomic E-state index is 10.9. The summed E-state index contributed by atoms with van der Waals surface area (Å²) in [5, 5.41) is 0.748. The van der Waals surface area contributed by atoms with Crippen LogP contribution in [0.2, 0.25) is 5.02 Å². The molecule has 0 aliphatic rings. The second kappa shape index (κ2) is 7.11. The van der Waals surface area contributed by atoms with E-state index in [2.05, 4.69) is 6.92 Å². The van der Waals surface area contributed by atoms with E-state index < -0.39 is 0 Å². The van der Waals surface area contributed by atoms with Crippen molar-refractivity contribution >= 4 is 17.9 Å². The van der Waals surface area contributed by atoms with E-state index in [1.165, 1.54) is 5.56 Å². The minimum Gasteiger partial charge on any atom is -0.493 e. The zero-order chi connectivity index (χ0) is 14.4. The van der Waals surface area contributed by atoms with Gasteiger partial charge in [0.1, 0.15) is 5.75 Å². The van der Waals surface area contributed by atoms with Crippen LogP contribution in [0.5, 0.6) is 5.75 Å². The first-order chi connectivity index (χ1) is 9.69. The quantitative estimate of drug-likeness (QED) is 0.736. The number of ether oxygens (including phenoxy) is 1. The first kappa shape index (κ1) is 14.6. The predicted molar refractivity (Wildman–Crippen MR) is 81.6 cm³/mol. The molecule has 0 aromatic heterocycles. The molecule has 2 aromatic rings.